The Kier molecular flexibility index (Phi) is 8.10. The molecule has 0 unspecified atom stereocenters. The first-order valence-electron chi connectivity index (χ1n) is 9.79. The summed E-state index contributed by atoms with van der Waals surface area (Å²) in [5, 5.41) is 9.04. The number of hydrogen-bond acceptors (Lipinski definition) is 4. The maximum atomic E-state index is 11.8. The first-order valence-corrected chi connectivity index (χ1v) is 9.79. The Morgan fingerprint density at radius 3 is 2.56 bits per heavy atom. The average Bonchev–Trinajstić information content (AvgIpc) is 2.84. The zero-order valence-electron chi connectivity index (χ0n) is 16.7. The van der Waals surface area contributed by atoms with Gasteiger partial charge in [-0.25, -0.2) is 0 Å². The van der Waals surface area contributed by atoms with Crippen molar-refractivity contribution in [3.63, 3.8) is 0 Å². The SMILES string of the molecule is CC(=O)N(CC(=O)O)[C@H]1CCCN(CCCOc2c(C)cccc2C)CC1. The summed E-state index contributed by atoms with van der Waals surface area (Å²) >= 11 is 0. The highest BCUT2D eigenvalue weighted by Crippen LogP contribution is 2.22. The second-order valence-corrected chi connectivity index (χ2v) is 7.39. The topological polar surface area (TPSA) is 70.1 Å². The molecule has 1 aromatic rings. The number of ether oxygens (including phenoxy) is 1. The molecular weight excluding hydrogens is 344 g/mol. The summed E-state index contributed by atoms with van der Waals surface area (Å²) in [4.78, 5) is 26.7. The van der Waals surface area contributed by atoms with Crippen LogP contribution in [0.25, 0.3) is 0 Å². The molecule has 27 heavy (non-hydrogen) atoms. The van der Waals surface area contributed by atoms with Gasteiger partial charge in [-0.05, 0) is 57.2 Å². The molecular formula is C21H32N2O4. The van der Waals surface area contributed by atoms with Crippen LogP contribution in [-0.2, 0) is 9.59 Å². The van der Waals surface area contributed by atoms with Crippen LogP contribution in [0, 0.1) is 13.8 Å². The van der Waals surface area contributed by atoms with Gasteiger partial charge in [0.1, 0.15) is 12.3 Å². The van der Waals surface area contributed by atoms with Gasteiger partial charge in [0.05, 0.1) is 6.61 Å². The number of carbonyl (C=O) groups is 2. The molecule has 1 N–H and O–H groups in total. The molecule has 6 nitrogen and oxygen atoms in total. The van der Waals surface area contributed by atoms with E-state index in [1.807, 2.05) is 6.07 Å². The minimum Gasteiger partial charge on any atom is -0.493 e. The number of hydrogen-bond donors (Lipinski definition) is 1. The van der Waals surface area contributed by atoms with Crippen molar-refractivity contribution in [3.8, 4) is 5.75 Å². The van der Waals surface area contributed by atoms with E-state index >= 15 is 0 Å². The number of carboxylic acid groups (broad SMARTS) is 1. The minimum absolute atomic E-state index is 0.0227. The number of carbonyl (C=O) groups excluding carboxylic acids is 1. The van der Waals surface area contributed by atoms with Crippen molar-refractivity contribution in [3.05, 3.63) is 29.3 Å². The smallest absolute Gasteiger partial charge is 0.323 e. The van der Waals surface area contributed by atoms with E-state index in [0.717, 1.165) is 62.2 Å². The van der Waals surface area contributed by atoms with Gasteiger partial charge in [0.15, 0.2) is 0 Å². The van der Waals surface area contributed by atoms with E-state index in [4.69, 9.17) is 9.84 Å². The summed E-state index contributed by atoms with van der Waals surface area (Å²) in [5.41, 5.74) is 2.32. The maximum absolute atomic E-state index is 11.8. The van der Waals surface area contributed by atoms with Crippen LogP contribution in [0.15, 0.2) is 18.2 Å². The van der Waals surface area contributed by atoms with E-state index in [9.17, 15) is 9.59 Å². The Morgan fingerprint density at radius 1 is 1.22 bits per heavy atom. The van der Waals surface area contributed by atoms with E-state index in [1.165, 1.54) is 11.8 Å². The summed E-state index contributed by atoms with van der Waals surface area (Å²) in [6.45, 7) is 8.89. The lowest BCUT2D eigenvalue weighted by Gasteiger charge is -2.29. The number of amides is 1. The van der Waals surface area contributed by atoms with Gasteiger partial charge in [-0.15, -0.1) is 0 Å². The highest BCUT2D eigenvalue weighted by molar-refractivity contribution is 5.79. The number of aliphatic carboxylic acids is 1. The lowest BCUT2D eigenvalue weighted by molar-refractivity contribution is -0.145. The molecule has 1 aliphatic rings. The molecule has 1 heterocycles. The van der Waals surface area contributed by atoms with Crippen molar-refractivity contribution in [1.29, 1.82) is 0 Å². The van der Waals surface area contributed by atoms with E-state index in [-0.39, 0.29) is 18.5 Å². The van der Waals surface area contributed by atoms with Gasteiger partial charge in [-0.3, -0.25) is 9.59 Å². The molecule has 0 aliphatic carbocycles. The van der Waals surface area contributed by atoms with Gasteiger partial charge in [0.25, 0.3) is 0 Å². The minimum atomic E-state index is -0.949. The summed E-state index contributed by atoms with van der Waals surface area (Å²) in [7, 11) is 0. The summed E-state index contributed by atoms with van der Waals surface area (Å²) in [6.07, 6.45) is 3.61. The lowest BCUT2D eigenvalue weighted by atomic mass is 10.1. The standard InChI is InChI=1S/C21H32N2O4/c1-16-7-4-8-17(2)21(16)27-14-6-12-22-11-5-9-19(10-13-22)23(18(3)24)15-20(25)26/h4,7-8,19H,5-6,9-15H2,1-3H3,(H,25,26)/t19-/m0/s1. The van der Waals surface area contributed by atoms with Gasteiger partial charge in [-0.2, -0.15) is 0 Å². The van der Waals surface area contributed by atoms with E-state index in [1.54, 1.807) is 0 Å². The molecule has 6 heteroatoms. The molecule has 2 rings (SSSR count). The van der Waals surface area contributed by atoms with Crippen LogP contribution in [0.3, 0.4) is 0 Å². The van der Waals surface area contributed by atoms with Crippen molar-refractivity contribution in [2.24, 2.45) is 0 Å². The fourth-order valence-corrected chi connectivity index (χ4v) is 3.81. The third-order valence-electron chi connectivity index (χ3n) is 5.21. The Balaban J connectivity index is 1.77. The van der Waals surface area contributed by atoms with Gasteiger partial charge in [0, 0.05) is 26.1 Å². The molecule has 0 saturated carbocycles. The fourth-order valence-electron chi connectivity index (χ4n) is 3.81. The quantitative estimate of drug-likeness (QED) is 0.707. The van der Waals surface area contributed by atoms with Crippen LogP contribution >= 0.6 is 0 Å². The van der Waals surface area contributed by atoms with Crippen LogP contribution in [0.4, 0.5) is 0 Å². The molecule has 0 radical (unpaired) electrons. The number of likely N-dealkylation sites (tertiary alicyclic amines) is 1. The molecule has 0 bridgehead atoms. The molecule has 0 spiro atoms. The molecule has 1 fully saturated rings. The molecule has 150 valence electrons. The first-order chi connectivity index (χ1) is 12.9. The molecule has 1 atom stereocenters. The third kappa shape index (κ3) is 6.54. The number of aryl methyl sites for hydroxylation is 2. The van der Waals surface area contributed by atoms with Crippen LogP contribution in [0.2, 0.25) is 0 Å². The first kappa shape index (κ1) is 21.2. The van der Waals surface area contributed by atoms with Crippen molar-refractivity contribution in [2.75, 3.05) is 32.8 Å². The molecule has 1 saturated heterocycles. The van der Waals surface area contributed by atoms with Gasteiger partial charge in [-0.1, -0.05) is 18.2 Å². The number of rotatable bonds is 8. The van der Waals surface area contributed by atoms with Crippen LogP contribution in [0.1, 0.15) is 43.7 Å². The van der Waals surface area contributed by atoms with E-state index < -0.39 is 5.97 Å². The number of nitrogens with zero attached hydrogens (tertiary/aromatic N) is 2. The van der Waals surface area contributed by atoms with E-state index in [0.29, 0.717) is 6.61 Å². The Labute approximate surface area is 162 Å². The van der Waals surface area contributed by atoms with Crippen molar-refractivity contribution < 1.29 is 19.4 Å². The number of para-hydroxylation sites is 1. The van der Waals surface area contributed by atoms with E-state index in [2.05, 4.69) is 30.9 Å². The van der Waals surface area contributed by atoms with Crippen LogP contribution < -0.4 is 4.74 Å². The van der Waals surface area contributed by atoms with Crippen molar-refractivity contribution >= 4 is 11.9 Å². The zero-order valence-corrected chi connectivity index (χ0v) is 16.7. The van der Waals surface area contributed by atoms with Gasteiger partial charge < -0.3 is 19.6 Å². The average molecular weight is 376 g/mol. The predicted octanol–water partition coefficient (Wildman–Crippen LogP) is 2.86. The highest BCUT2D eigenvalue weighted by Gasteiger charge is 2.25. The molecule has 0 aromatic heterocycles. The largest absolute Gasteiger partial charge is 0.493 e. The van der Waals surface area contributed by atoms with Crippen molar-refractivity contribution in [2.45, 2.75) is 52.5 Å². The fraction of sp³-hybridized carbons (Fsp3) is 0.619. The van der Waals surface area contributed by atoms with Crippen LogP contribution in [0.5, 0.6) is 5.75 Å². The predicted molar refractivity (Wildman–Crippen MR) is 105 cm³/mol. The van der Waals surface area contributed by atoms with Gasteiger partial charge >= 0.3 is 5.97 Å². The monoisotopic (exact) mass is 376 g/mol. The molecule has 1 amide bonds. The Hall–Kier alpha value is -2.08. The lowest BCUT2D eigenvalue weighted by Crippen LogP contribution is -2.42. The highest BCUT2D eigenvalue weighted by atomic mass is 16.5. The number of carboxylic acids is 1. The normalized spacial score (nSPS) is 18.0. The van der Waals surface area contributed by atoms with Gasteiger partial charge in [0.2, 0.25) is 5.91 Å². The molecule has 1 aliphatic heterocycles. The summed E-state index contributed by atoms with van der Waals surface area (Å²) in [6, 6.07) is 6.19. The Bertz CT molecular complexity index is 627. The number of benzene rings is 1. The zero-order chi connectivity index (χ0) is 19.8. The molecule has 1 aromatic carbocycles. The Morgan fingerprint density at radius 2 is 1.93 bits per heavy atom. The maximum Gasteiger partial charge on any atom is 0.323 e. The van der Waals surface area contributed by atoms with Crippen LogP contribution in [-0.4, -0.2) is 65.6 Å². The second kappa shape index (κ2) is 10.3. The van der Waals surface area contributed by atoms with Crippen molar-refractivity contribution in [1.82, 2.24) is 9.80 Å². The third-order valence-corrected chi connectivity index (χ3v) is 5.21. The second-order valence-electron chi connectivity index (χ2n) is 7.39. The summed E-state index contributed by atoms with van der Waals surface area (Å²) < 4.78 is 5.98. The summed E-state index contributed by atoms with van der Waals surface area (Å²) in [5.74, 6) is -0.119.